The second-order valence-corrected chi connectivity index (χ2v) is 5.35. The molecule has 0 aliphatic rings. The predicted octanol–water partition coefficient (Wildman–Crippen LogP) is 5.12. The molecule has 1 unspecified atom stereocenters. The number of halogens is 1. The Morgan fingerprint density at radius 1 is 1.29 bits per heavy atom. The maximum Gasteiger partial charge on any atom is 0.269 e. The van der Waals surface area contributed by atoms with Crippen molar-refractivity contribution in [3.05, 3.63) is 68.7 Å². The molecule has 0 spiro atoms. The quantitative estimate of drug-likeness (QED) is 0.616. The molecule has 2 aromatic carbocycles. The van der Waals surface area contributed by atoms with Crippen molar-refractivity contribution in [2.75, 3.05) is 5.32 Å². The van der Waals surface area contributed by atoms with Gasteiger partial charge < -0.3 is 5.32 Å². The minimum atomic E-state index is -0.380. The summed E-state index contributed by atoms with van der Waals surface area (Å²) >= 11 is 6.23. The molecule has 21 heavy (non-hydrogen) atoms. The molecule has 4 nitrogen and oxygen atoms in total. The molecule has 1 N–H and O–H groups in total. The Kier molecular flexibility index (Phi) is 4.81. The van der Waals surface area contributed by atoms with Gasteiger partial charge in [0.25, 0.3) is 5.69 Å². The largest absolute Gasteiger partial charge is 0.377 e. The van der Waals surface area contributed by atoms with Crippen molar-refractivity contribution in [2.24, 2.45) is 0 Å². The lowest BCUT2D eigenvalue weighted by atomic mass is 10.0. The summed E-state index contributed by atoms with van der Waals surface area (Å²) < 4.78 is 0. The van der Waals surface area contributed by atoms with Gasteiger partial charge in [0.15, 0.2) is 0 Å². The minimum absolute atomic E-state index is 0.0230. The number of nitrogens with one attached hydrogen (secondary N) is 1. The summed E-state index contributed by atoms with van der Waals surface area (Å²) in [7, 11) is 0. The molecule has 0 radical (unpaired) electrons. The van der Waals surface area contributed by atoms with E-state index in [9.17, 15) is 10.1 Å². The van der Waals surface area contributed by atoms with Gasteiger partial charge in [-0.15, -0.1) is 0 Å². The van der Waals surface area contributed by atoms with E-state index in [4.69, 9.17) is 11.6 Å². The lowest BCUT2D eigenvalue weighted by molar-refractivity contribution is -0.384. The fourth-order valence-corrected chi connectivity index (χ4v) is 2.49. The monoisotopic (exact) mass is 304 g/mol. The Labute approximate surface area is 128 Å². The second-order valence-electron chi connectivity index (χ2n) is 4.94. The van der Waals surface area contributed by atoms with Crippen LogP contribution in [0, 0.1) is 17.0 Å². The van der Waals surface area contributed by atoms with Gasteiger partial charge in [0, 0.05) is 12.1 Å². The number of hydrogen-bond donors (Lipinski definition) is 1. The Morgan fingerprint density at radius 3 is 2.67 bits per heavy atom. The molecule has 0 saturated carbocycles. The van der Waals surface area contributed by atoms with Crippen LogP contribution in [-0.2, 0) is 0 Å². The SMILES string of the molecule is CCC(Nc1ccc(C)cc1Cl)c1cccc([N+](=O)[O-])c1. The van der Waals surface area contributed by atoms with Crippen LogP contribution in [-0.4, -0.2) is 4.92 Å². The van der Waals surface area contributed by atoms with Crippen LogP contribution < -0.4 is 5.32 Å². The summed E-state index contributed by atoms with van der Waals surface area (Å²) in [5.41, 5.74) is 2.90. The number of hydrogen-bond acceptors (Lipinski definition) is 3. The van der Waals surface area contributed by atoms with Gasteiger partial charge in [0.05, 0.1) is 21.7 Å². The highest BCUT2D eigenvalue weighted by atomic mass is 35.5. The molecule has 0 saturated heterocycles. The molecular weight excluding hydrogens is 288 g/mol. The molecule has 0 aliphatic heterocycles. The van der Waals surface area contributed by atoms with E-state index in [2.05, 4.69) is 5.32 Å². The lowest BCUT2D eigenvalue weighted by Gasteiger charge is -2.19. The van der Waals surface area contributed by atoms with E-state index in [1.807, 2.05) is 38.1 Å². The van der Waals surface area contributed by atoms with Crippen molar-refractivity contribution in [3.63, 3.8) is 0 Å². The van der Waals surface area contributed by atoms with Gasteiger partial charge in [-0.2, -0.15) is 0 Å². The summed E-state index contributed by atoms with van der Waals surface area (Å²) in [5.74, 6) is 0. The van der Waals surface area contributed by atoms with Gasteiger partial charge >= 0.3 is 0 Å². The van der Waals surface area contributed by atoms with E-state index < -0.39 is 0 Å². The highest BCUT2D eigenvalue weighted by molar-refractivity contribution is 6.33. The maximum atomic E-state index is 10.9. The van der Waals surface area contributed by atoms with Crippen LogP contribution in [0.5, 0.6) is 0 Å². The first-order valence-corrected chi connectivity index (χ1v) is 7.16. The predicted molar refractivity (Wildman–Crippen MR) is 85.9 cm³/mol. The highest BCUT2D eigenvalue weighted by Gasteiger charge is 2.14. The number of nitrogens with zero attached hydrogens (tertiary/aromatic N) is 1. The molecule has 5 heteroatoms. The number of nitro groups is 1. The lowest BCUT2D eigenvalue weighted by Crippen LogP contribution is -2.10. The van der Waals surface area contributed by atoms with Crippen molar-refractivity contribution in [2.45, 2.75) is 26.3 Å². The topological polar surface area (TPSA) is 55.2 Å². The number of anilines is 1. The zero-order valence-electron chi connectivity index (χ0n) is 12.0. The number of aryl methyl sites for hydroxylation is 1. The summed E-state index contributed by atoms with van der Waals surface area (Å²) in [6, 6.07) is 12.5. The number of nitro benzene ring substituents is 1. The Balaban J connectivity index is 2.27. The van der Waals surface area contributed by atoms with Crippen LogP contribution in [0.15, 0.2) is 42.5 Å². The number of rotatable bonds is 5. The van der Waals surface area contributed by atoms with Crippen molar-refractivity contribution >= 4 is 23.0 Å². The van der Waals surface area contributed by atoms with E-state index in [-0.39, 0.29) is 16.7 Å². The van der Waals surface area contributed by atoms with Crippen molar-refractivity contribution in [1.29, 1.82) is 0 Å². The smallest absolute Gasteiger partial charge is 0.269 e. The first kappa shape index (κ1) is 15.3. The van der Waals surface area contributed by atoms with Gasteiger partial charge in [-0.1, -0.05) is 36.7 Å². The van der Waals surface area contributed by atoms with Crippen LogP contribution in [0.3, 0.4) is 0 Å². The van der Waals surface area contributed by atoms with Gasteiger partial charge in [0.2, 0.25) is 0 Å². The summed E-state index contributed by atoms with van der Waals surface area (Å²) in [6.07, 6.45) is 0.797. The van der Waals surface area contributed by atoms with Crippen molar-refractivity contribution in [3.8, 4) is 0 Å². The molecule has 0 fully saturated rings. The van der Waals surface area contributed by atoms with Crippen molar-refractivity contribution < 1.29 is 4.92 Å². The number of benzene rings is 2. The summed E-state index contributed by atoms with van der Waals surface area (Å²) in [4.78, 5) is 10.5. The molecule has 1 atom stereocenters. The normalized spacial score (nSPS) is 12.0. The molecule has 2 rings (SSSR count). The molecular formula is C16H17ClN2O2. The molecule has 0 aliphatic carbocycles. The molecule has 0 heterocycles. The molecule has 2 aromatic rings. The van der Waals surface area contributed by atoms with Gasteiger partial charge in [-0.05, 0) is 36.6 Å². The fraction of sp³-hybridized carbons (Fsp3) is 0.250. The van der Waals surface area contributed by atoms with Crippen LogP contribution >= 0.6 is 11.6 Å². The van der Waals surface area contributed by atoms with E-state index in [0.29, 0.717) is 5.02 Å². The second kappa shape index (κ2) is 6.59. The standard InChI is InChI=1S/C16H17ClN2O2/c1-3-15(12-5-4-6-13(10-12)19(20)21)18-16-8-7-11(2)9-14(16)17/h4-10,15,18H,3H2,1-2H3. The summed E-state index contributed by atoms with van der Waals surface area (Å²) in [6.45, 7) is 4.01. The van der Waals surface area contributed by atoms with Crippen LogP contribution in [0.1, 0.15) is 30.5 Å². The van der Waals surface area contributed by atoms with Gasteiger partial charge in [0.1, 0.15) is 0 Å². The maximum absolute atomic E-state index is 10.9. The third kappa shape index (κ3) is 3.73. The Hall–Kier alpha value is -2.07. The van der Waals surface area contributed by atoms with E-state index in [1.165, 1.54) is 6.07 Å². The Bertz CT molecular complexity index is 658. The highest BCUT2D eigenvalue weighted by Crippen LogP contribution is 2.29. The fourth-order valence-electron chi connectivity index (χ4n) is 2.20. The van der Waals surface area contributed by atoms with Crippen LogP contribution in [0.25, 0.3) is 0 Å². The first-order chi connectivity index (χ1) is 10.0. The van der Waals surface area contributed by atoms with E-state index >= 15 is 0 Å². The molecule has 0 aromatic heterocycles. The molecule has 0 bridgehead atoms. The first-order valence-electron chi connectivity index (χ1n) is 6.78. The summed E-state index contributed by atoms with van der Waals surface area (Å²) in [5, 5.41) is 14.9. The van der Waals surface area contributed by atoms with E-state index in [1.54, 1.807) is 12.1 Å². The van der Waals surface area contributed by atoms with Crippen molar-refractivity contribution in [1.82, 2.24) is 0 Å². The Morgan fingerprint density at radius 2 is 2.05 bits per heavy atom. The third-order valence-electron chi connectivity index (χ3n) is 3.35. The van der Waals surface area contributed by atoms with E-state index in [0.717, 1.165) is 23.2 Å². The van der Waals surface area contributed by atoms with Crippen LogP contribution in [0.2, 0.25) is 5.02 Å². The molecule has 110 valence electrons. The average Bonchev–Trinajstić information content (AvgIpc) is 2.46. The zero-order chi connectivity index (χ0) is 15.4. The zero-order valence-corrected chi connectivity index (χ0v) is 12.7. The average molecular weight is 305 g/mol. The number of non-ortho nitro benzene ring substituents is 1. The third-order valence-corrected chi connectivity index (χ3v) is 3.66. The molecule has 0 amide bonds. The van der Waals surface area contributed by atoms with Crippen LogP contribution in [0.4, 0.5) is 11.4 Å². The van der Waals surface area contributed by atoms with Gasteiger partial charge in [-0.25, -0.2) is 0 Å². The van der Waals surface area contributed by atoms with Gasteiger partial charge in [-0.3, -0.25) is 10.1 Å². The minimum Gasteiger partial charge on any atom is -0.377 e.